The fourth-order valence-electron chi connectivity index (χ4n) is 3.27. The summed E-state index contributed by atoms with van der Waals surface area (Å²) in [5.74, 6) is 1.44. The number of nitrogens with one attached hydrogen (secondary N) is 2. The lowest BCUT2D eigenvalue weighted by Crippen LogP contribution is -2.22. The summed E-state index contributed by atoms with van der Waals surface area (Å²) >= 11 is 0. The molecule has 0 bridgehead atoms. The van der Waals surface area contributed by atoms with Crippen LogP contribution in [0, 0.1) is 6.92 Å². The number of hydrogen-bond donors (Lipinski definition) is 2. The Morgan fingerprint density at radius 2 is 2.00 bits per heavy atom. The molecule has 25 heavy (non-hydrogen) atoms. The van der Waals surface area contributed by atoms with Crippen molar-refractivity contribution in [2.45, 2.75) is 32.6 Å². The van der Waals surface area contributed by atoms with Crippen LogP contribution in [0.1, 0.15) is 29.8 Å². The number of H-pyrrole nitrogens is 1. The number of rotatable bonds is 3. The fourth-order valence-corrected chi connectivity index (χ4v) is 3.27. The SMILES string of the molecule is COc1cccc2c(C)nc(Nc3nc4c(c(=O)[nH]3)CCCC4)nc12. The Morgan fingerprint density at radius 1 is 1.16 bits per heavy atom. The smallest absolute Gasteiger partial charge is 0.255 e. The summed E-state index contributed by atoms with van der Waals surface area (Å²) in [6.45, 7) is 1.91. The Kier molecular flexibility index (Phi) is 3.83. The van der Waals surface area contributed by atoms with E-state index in [1.807, 2.05) is 25.1 Å². The second-order valence-corrected chi connectivity index (χ2v) is 6.16. The lowest BCUT2D eigenvalue weighted by Gasteiger charge is -2.15. The number of aryl methyl sites for hydroxylation is 2. The van der Waals surface area contributed by atoms with E-state index in [4.69, 9.17) is 4.74 Å². The third-order valence-corrected chi connectivity index (χ3v) is 4.52. The Labute approximate surface area is 144 Å². The van der Waals surface area contributed by atoms with E-state index in [1.54, 1.807) is 7.11 Å². The summed E-state index contributed by atoms with van der Waals surface area (Å²) < 4.78 is 5.39. The van der Waals surface area contributed by atoms with Crippen molar-refractivity contribution >= 4 is 22.8 Å². The van der Waals surface area contributed by atoms with Gasteiger partial charge in [0.2, 0.25) is 11.9 Å². The van der Waals surface area contributed by atoms with Gasteiger partial charge in [0.05, 0.1) is 18.5 Å². The third-order valence-electron chi connectivity index (χ3n) is 4.52. The van der Waals surface area contributed by atoms with Crippen molar-refractivity contribution in [2.75, 3.05) is 12.4 Å². The molecular formula is C18H19N5O2. The summed E-state index contributed by atoms with van der Waals surface area (Å²) in [6, 6.07) is 5.72. The highest BCUT2D eigenvalue weighted by Crippen LogP contribution is 2.26. The largest absolute Gasteiger partial charge is 0.494 e. The van der Waals surface area contributed by atoms with Crippen LogP contribution in [0.25, 0.3) is 10.9 Å². The first-order valence-electron chi connectivity index (χ1n) is 8.36. The van der Waals surface area contributed by atoms with Crippen LogP contribution in [-0.2, 0) is 12.8 Å². The second-order valence-electron chi connectivity index (χ2n) is 6.16. The molecule has 7 nitrogen and oxygen atoms in total. The molecule has 128 valence electrons. The van der Waals surface area contributed by atoms with Gasteiger partial charge in [-0.25, -0.2) is 15.0 Å². The van der Waals surface area contributed by atoms with Gasteiger partial charge in [0.15, 0.2) is 0 Å². The van der Waals surface area contributed by atoms with Crippen LogP contribution < -0.4 is 15.6 Å². The number of ether oxygens (including phenoxy) is 1. The van der Waals surface area contributed by atoms with E-state index in [1.165, 1.54) is 0 Å². The van der Waals surface area contributed by atoms with Crippen LogP contribution in [0.4, 0.5) is 11.9 Å². The molecular weight excluding hydrogens is 318 g/mol. The predicted molar refractivity (Wildman–Crippen MR) is 95.6 cm³/mol. The summed E-state index contributed by atoms with van der Waals surface area (Å²) in [5, 5.41) is 3.96. The first-order chi connectivity index (χ1) is 12.2. The molecule has 0 aliphatic heterocycles. The van der Waals surface area contributed by atoms with Crippen molar-refractivity contribution in [3.8, 4) is 5.75 Å². The molecule has 1 aromatic carbocycles. The van der Waals surface area contributed by atoms with E-state index < -0.39 is 0 Å². The van der Waals surface area contributed by atoms with Gasteiger partial charge in [0, 0.05) is 10.9 Å². The predicted octanol–water partition coefficient (Wildman–Crippen LogP) is 2.65. The van der Waals surface area contributed by atoms with Gasteiger partial charge in [-0.15, -0.1) is 0 Å². The van der Waals surface area contributed by atoms with Crippen molar-refractivity contribution in [1.82, 2.24) is 19.9 Å². The van der Waals surface area contributed by atoms with Gasteiger partial charge < -0.3 is 4.74 Å². The monoisotopic (exact) mass is 337 g/mol. The lowest BCUT2D eigenvalue weighted by atomic mass is 9.97. The first-order valence-corrected chi connectivity index (χ1v) is 8.36. The minimum atomic E-state index is -0.0812. The molecule has 0 unspecified atom stereocenters. The molecule has 0 spiro atoms. The molecule has 0 saturated heterocycles. The Morgan fingerprint density at radius 3 is 2.84 bits per heavy atom. The second kappa shape index (κ2) is 6.16. The molecule has 3 aromatic rings. The molecule has 1 aliphatic carbocycles. The average Bonchev–Trinajstić information content (AvgIpc) is 2.61. The van der Waals surface area contributed by atoms with Gasteiger partial charge in [0.1, 0.15) is 11.3 Å². The molecule has 0 amide bonds. The van der Waals surface area contributed by atoms with Gasteiger partial charge in [-0.1, -0.05) is 12.1 Å². The van der Waals surface area contributed by atoms with Crippen molar-refractivity contribution in [1.29, 1.82) is 0 Å². The minimum absolute atomic E-state index is 0.0812. The maximum Gasteiger partial charge on any atom is 0.255 e. The van der Waals surface area contributed by atoms with Gasteiger partial charge in [-0.2, -0.15) is 0 Å². The van der Waals surface area contributed by atoms with Crippen molar-refractivity contribution in [2.24, 2.45) is 0 Å². The topological polar surface area (TPSA) is 92.8 Å². The fraction of sp³-hybridized carbons (Fsp3) is 0.333. The van der Waals surface area contributed by atoms with E-state index in [0.717, 1.165) is 53.5 Å². The van der Waals surface area contributed by atoms with Crippen LogP contribution in [-0.4, -0.2) is 27.0 Å². The quantitative estimate of drug-likeness (QED) is 0.763. The van der Waals surface area contributed by atoms with E-state index in [9.17, 15) is 4.79 Å². The van der Waals surface area contributed by atoms with E-state index in [2.05, 4.69) is 25.3 Å². The lowest BCUT2D eigenvalue weighted by molar-refractivity contribution is 0.419. The minimum Gasteiger partial charge on any atom is -0.494 e. The van der Waals surface area contributed by atoms with Gasteiger partial charge in [-0.3, -0.25) is 15.1 Å². The number of aromatic amines is 1. The molecule has 0 fully saturated rings. The summed E-state index contributed by atoms with van der Waals surface area (Å²) in [4.78, 5) is 28.6. The maximum atomic E-state index is 12.3. The third kappa shape index (κ3) is 2.82. The number of anilines is 2. The summed E-state index contributed by atoms with van der Waals surface area (Å²) in [7, 11) is 1.61. The number of nitrogens with zero attached hydrogens (tertiary/aromatic N) is 3. The van der Waals surface area contributed by atoms with Crippen LogP contribution in [0.5, 0.6) is 5.75 Å². The van der Waals surface area contributed by atoms with Crippen LogP contribution >= 0.6 is 0 Å². The van der Waals surface area contributed by atoms with Crippen LogP contribution in [0.2, 0.25) is 0 Å². The molecule has 2 heterocycles. The highest BCUT2D eigenvalue weighted by molar-refractivity contribution is 5.87. The molecule has 2 aromatic heterocycles. The average molecular weight is 337 g/mol. The molecule has 0 radical (unpaired) electrons. The normalized spacial score (nSPS) is 13.5. The molecule has 0 saturated carbocycles. The number of benzene rings is 1. The molecule has 1 aliphatic rings. The Hall–Kier alpha value is -2.96. The maximum absolute atomic E-state index is 12.3. The standard InChI is InChI=1S/C18H19N5O2/c1-10-11-7-5-9-14(25-2)15(11)21-17(19-10)23-18-20-13-8-4-3-6-12(13)16(24)22-18/h5,7,9H,3-4,6,8H2,1-2H3,(H2,19,20,21,22,23,24). The molecule has 0 atom stereocenters. The molecule has 4 rings (SSSR count). The van der Waals surface area contributed by atoms with Gasteiger partial charge >= 0.3 is 0 Å². The van der Waals surface area contributed by atoms with Crippen molar-refractivity contribution in [3.63, 3.8) is 0 Å². The zero-order valence-electron chi connectivity index (χ0n) is 14.2. The summed E-state index contributed by atoms with van der Waals surface area (Å²) in [6.07, 6.45) is 3.73. The number of para-hydroxylation sites is 1. The number of hydrogen-bond acceptors (Lipinski definition) is 6. The molecule has 2 N–H and O–H groups in total. The van der Waals surface area contributed by atoms with Crippen molar-refractivity contribution in [3.05, 3.63) is 45.5 Å². The molecule has 7 heteroatoms. The van der Waals surface area contributed by atoms with Crippen LogP contribution in [0.15, 0.2) is 23.0 Å². The summed E-state index contributed by atoms with van der Waals surface area (Å²) in [5.41, 5.74) is 3.14. The zero-order chi connectivity index (χ0) is 17.4. The highest BCUT2D eigenvalue weighted by atomic mass is 16.5. The van der Waals surface area contributed by atoms with Crippen LogP contribution in [0.3, 0.4) is 0 Å². The zero-order valence-corrected chi connectivity index (χ0v) is 14.2. The number of fused-ring (bicyclic) bond motifs is 2. The Bertz CT molecular complexity index is 1010. The van der Waals surface area contributed by atoms with E-state index >= 15 is 0 Å². The number of aromatic nitrogens is 4. The van der Waals surface area contributed by atoms with E-state index in [0.29, 0.717) is 17.6 Å². The van der Waals surface area contributed by atoms with Gasteiger partial charge in [0.25, 0.3) is 5.56 Å². The Balaban J connectivity index is 1.76. The highest BCUT2D eigenvalue weighted by Gasteiger charge is 2.16. The number of methoxy groups -OCH3 is 1. The van der Waals surface area contributed by atoms with Crippen molar-refractivity contribution < 1.29 is 4.74 Å². The first kappa shape index (κ1) is 15.6. The van der Waals surface area contributed by atoms with E-state index in [-0.39, 0.29) is 5.56 Å². The van der Waals surface area contributed by atoms with Gasteiger partial charge in [-0.05, 0) is 38.7 Å².